The first-order valence-electron chi connectivity index (χ1n) is 15.0. The van der Waals surface area contributed by atoms with E-state index in [2.05, 4.69) is 26.0 Å². The van der Waals surface area contributed by atoms with Gasteiger partial charge < -0.3 is 0 Å². The molecule has 2 aromatic rings. The molecule has 204 valence electrons. The fraction of sp³-hybridized carbons (Fsp3) is 0.688. The van der Waals surface area contributed by atoms with Crippen molar-refractivity contribution >= 4 is 20.9 Å². The van der Waals surface area contributed by atoms with Gasteiger partial charge >= 0.3 is 0 Å². The van der Waals surface area contributed by atoms with Crippen LogP contribution in [0.2, 0.25) is 0 Å². The van der Waals surface area contributed by atoms with E-state index in [4.69, 9.17) is 0 Å². The van der Waals surface area contributed by atoms with E-state index < -0.39 is 10.1 Å². The molecule has 0 unspecified atom stereocenters. The lowest BCUT2D eigenvalue weighted by molar-refractivity contribution is 0.482. The molecule has 0 amide bonds. The molecule has 2 aromatic carbocycles. The van der Waals surface area contributed by atoms with E-state index >= 15 is 0 Å². The fourth-order valence-electron chi connectivity index (χ4n) is 5.42. The van der Waals surface area contributed by atoms with Crippen LogP contribution in [0, 0.1) is 0 Å². The van der Waals surface area contributed by atoms with E-state index in [9.17, 15) is 13.0 Å². The van der Waals surface area contributed by atoms with Gasteiger partial charge in [-0.2, -0.15) is 8.42 Å². The molecular formula is C32H52O3S. The second-order valence-corrected chi connectivity index (χ2v) is 12.1. The molecule has 0 aromatic heterocycles. The molecule has 0 radical (unpaired) electrons. The maximum Gasteiger partial charge on any atom is 0.294 e. The molecule has 0 saturated carbocycles. The Labute approximate surface area is 222 Å². The van der Waals surface area contributed by atoms with Crippen LogP contribution < -0.4 is 0 Å². The lowest BCUT2D eigenvalue weighted by atomic mass is 9.94. The Morgan fingerprint density at radius 1 is 0.556 bits per heavy atom. The van der Waals surface area contributed by atoms with E-state index in [0.29, 0.717) is 6.42 Å². The molecule has 0 aliphatic carbocycles. The van der Waals surface area contributed by atoms with E-state index in [1.807, 2.05) is 12.1 Å². The zero-order valence-corrected chi connectivity index (χ0v) is 24.0. The van der Waals surface area contributed by atoms with Gasteiger partial charge in [-0.15, -0.1) is 0 Å². The molecule has 4 heteroatoms. The molecule has 0 heterocycles. The number of rotatable bonds is 21. The van der Waals surface area contributed by atoms with Crippen molar-refractivity contribution in [3.05, 3.63) is 41.5 Å². The van der Waals surface area contributed by atoms with Crippen molar-refractivity contribution < 1.29 is 13.0 Å². The molecule has 2 rings (SSSR count). The number of hydrogen-bond acceptors (Lipinski definition) is 2. The van der Waals surface area contributed by atoms with Crippen LogP contribution in [0.1, 0.15) is 141 Å². The number of benzene rings is 2. The summed E-state index contributed by atoms with van der Waals surface area (Å²) in [5, 5.41) is 2.15. The van der Waals surface area contributed by atoms with E-state index in [-0.39, 0.29) is 4.90 Å². The summed E-state index contributed by atoms with van der Waals surface area (Å²) >= 11 is 0. The molecule has 1 N–H and O–H groups in total. The third-order valence-electron chi connectivity index (χ3n) is 7.58. The van der Waals surface area contributed by atoms with Gasteiger partial charge in [-0.25, -0.2) is 0 Å². The zero-order chi connectivity index (χ0) is 26.1. The molecule has 0 atom stereocenters. The minimum Gasteiger partial charge on any atom is -0.282 e. The Morgan fingerprint density at radius 2 is 1.03 bits per heavy atom. The molecule has 0 aliphatic heterocycles. The number of unbranched alkanes of at least 4 members (excludes halogenated alkanes) is 16. The second kappa shape index (κ2) is 18.0. The topological polar surface area (TPSA) is 54.4 Å². The third kappa shape index (κ3) is 11.3. The first kappa shape index (κ1) is 30.8. The molecular weight excluding hydrogens is 464 g/mol. The Kier molecular flexibility index (Phi) is 15.4. The normalized spacial score (nSPS) is 12.0. The summed E-state index contributed by atoms with van der Waals surface area (Å²) in [6.45, 7) is 4.51. The minimum absolute atomic E-state index is 0.0924. The maximum absolute atomic E-state index is 12.2. The lowest BCUT2D eigenvalue weighted by Crippen LogP contribution is -2.05. The standard InChI is InChI=1S/C32H52O3S/c1-3-5-7-9-11-13-15-17-19-22-28-23-21-25-30-29(28)26-27-32(36(33,34)35)31(30)24-20-18-16-14-12-10-8-6-4-2/h21,23,25-27H,3-20,22,24H2,1-2H3,(H,33,34,35). The van der Waals surface area contributed by atoms with E-state index in [1.54, 1.807) is 6.07 Å². The molecule has 3 nitrogen and oxygen atoms in total. The summed E-state index contributed by atoms with van der Waals surface area (Å²) in [5.41, 5.74) is 2.09. The predicted molar refractivity (Wildman–Crippen MR) is 156 cm³/mol. The van der Waals surface area contributed by atoms with Crippen LogP contribution in [-0.2, 0) is 23.0 Å². The molecule has 0 spiro atoms. The molecule has 0 fully saturated rings. The minimum atomic E-state index is -4.23. The first-order valence-corrected chi connectivity index (χ1v) is 16.4. The van der Waals surface area contributed by atoms with Gasteiger partial charge in [0.15, 0.2) is 0 Å². The molecule has 0 saturated heterocycles. The van der Waals surface area contributed by atoms with Crippen molar-refractivity contribution in [1.29, 1.82) is 0 Å². The summed E-state index contributed by atoms with van der Waals surface area (Å²) in [5.74, 6) is 0. The highest BCUT2D eigenvalue weighted by Gasteiger charge is 2.18. The van der Waals surface area contributed by atoms with Crippen molar-refractivity contribution in [2.75, 3.05) is 0 Å². The van der Waals surface area contributed by atoms with Gasteiger partial charge in [0.1, 0.15) is 0 Å². The van der Waals surface area contributed by atoms with Crippen molar-refractivity contribution in [1.82, 2.24) is 0 Å². The predicted octanol–water partition coefficient (Wildman–Crippen LogP) is 10.2. The zero-order valence-electron chi connectivity index (χ0n) is 23.2. The summed E-state index contributed by atoms with van der Waals surface area (Å²) < 4.78 is 34.2. The Balaban J connectivity index is 1.93. The summed E-state index contributed by atoms with van der Waals surface area (Å²) in [7, 11) is -4.23. The van der Waals surface area contributed by atoms with Crippen LogP contribution in [0.5, 0.6) is 0 Å². The lowest BCUT2D eigenvalue weighted by Gasteiger charge is -2.14. The van der Waals surface area contributed by atoms with Crippen LogP contribution in [0.25, 0.3) is 10.8 Å². The monoisotopic (exact) mass is 516 g/mol. The van der Waals surface area contributed by atoms with Gasteiger partial charge in [0.25, 0.3) is 10.1 Å². The van der Waals surface area contributed by atoms with Gasteiger partial charge in [-0.05, 0) is 53.6 Å². The number of hydrogen-bond donors (Lipinski definition) is 1. The van der Waals surface area contributed by atoms with Crippen molar-refractivity contribution in [2.45, 2.75) is 147 Å². The van der Waals surface area contributed by atoms with Crippen molar-refractivity contribution in [3.8, 4) is 0 Å². The third-order valence-corrected chi connectivity index (χ3v) is 8.52. The van der Waals surface area contributed by atoms with Crippen LogP contribution in [-0.4, -0.2) is 13.0 Å². The van der Waals surface area contributed by atoms with Crippen LogP contribution >= 0.6 is 0 Å². The van der Waals surface area contributed by atoms with Gasteiger partial charge in [0, 0.05) is 0 Å². The quantitative estimate of drug-likeness (QED) is 0.133. The number of fused-ring (bicyclic) bond motifs is 1. The van der Waals surface area contributed by atoms with Gasteiger partial charge in [0.2, 0.25) is 0 Å². The molecule has 36 heavy (non-hydrogen) atoms. The van der Waals surface area contributed by atoms with Crippen molar-refractivity contribution in [2.24, 2.45) is 0 Å². The largest absolute Gasteiger partial charge is 0.294 e. The van der Waals surface area contributed by atoms with Crippen molar-refractivity contribution in [3.63, 3.8) is 0 Å². The van der Waals surface area contributed by atoms with E-state index in [0.717, 1.165) is 35.6 Å². The second-order valence-electron chi connectivity index (χ2n) is 10.7. The summed E-state index contributed by atoms with van der Waals surface area (Å²) in [4.78, 5) is 0.0924. The average molecular weight is 517 g/mol. The summed E-state index contributed by atoms with van der Waals surface area (Å²) in [6.07, 6.45) is 24.6. The van der Waals surface area contributed by atoms with E-state index in [1.165, 1.54) is 108 Å². The highest BCUT2D eigenvalue weighted by molar-refractivity contribution is 7.85. The highest BCUT2D eigenvalue weighted by Crippen LogP contribution is 2.30. The Morgan fingerprint density at radius 3 is 1.53 bits per heavy atom. The van der Waals surface area contributed by atoms with Crippen LogP contribution in [0.4, 0.5) is 0 Å². The smallest absolute Gasteiger partial charge is 0.282 e. The first-order chi connectivity index (χ1) is 17.5. The molecule has 0 bridgehead atoms. The van der Waals surface area contributed by atoms with Gasteiger partial charge in [-0.1, -0.05) is 141 Å². The maximum atomic E-state index is 12.2. The SMILES string of the molecule is CCCCCCCCCCCc1cccc2c(CCCCCCCCCCC)c(S(=O)(=O)O)ccc12. The average Bonchev–Trinajstić information content (AvgIpc) is 2.86. The Bertz CT molecular complexity index is 965. The fourth-order valence-corrected chi connectivity index (χ4v) is 6.18. The van der Waals surface area contributed by atoms with Gasteiger partial charge in [0.05, 0.1) is 4.90 Å². The van der Waals surface area contributed by atoms with Gasteiger partial charge in [-0.3, -0.25) is 4.55 Å². The molecule has 0 aliphatic rings. The van der Waals surface area contributed by atoms with Crippen LogP contribution in [0.3, 0.4) is 0 Å². The Hall–Kier alpha value is -1.39. The summed E-state index contributed by atoms with van der Waals surface area (Å²) in [6, 6.07) is 9.80. The number of aryl methyl sites for hydroxylation is 2. The highest BCUT2D eigenvalue weighted by atomic mass is 32.2. The van der Waals surface area contributed by atoms with Crippen LogP contribution in [0.15, 0.2) is 35.2 Å².